The summed E-state index contributed by atoms with van der Waals surface area (Å²) in [5, 5.41) is 12.0. The molecule has 10 nitrogen and oxygen atoms in total. The largest absolute Gasteiger partial charge is 0.361 e. The number of aromatic nitrogens is 1. The zero-order valence-electron chi connectivity index (χ0n) is 21.7. The number of hydrogen-bond acceptors (Lipinski definition) is 6. The second-order valence-electron chi connectivity index (χ2n) is 9.44. The Kier molecular flexibility index (Phi) is 8.70. The Morgan fingerprint density at radius 3 is 2.56 bits per heavy atom. The summed E-state index contributed by atoms with van der Waals surface area (Å²) in [6, 6.07) is 12.9. The number of fused-ring (bicyclic) bond motifs is 2. The first kappa shape index (κ1) is 27.5. The molecule has 0 fully saturated rings. The van der Waals surface area contributed by atoms with E-state index in [-0.39, 0.29) is 24.3 Å². The quantitative estimate of drug-likeness (QED) is 0.461. The van der Waals surface area contributed by atoms with Crippen molar-refractivity contribution in [2.45, 2.75) is 38.8 Å². The number of benzene rings is 2. The number of halogens is 1. The van der Waals surface area contributed by atoms with Crippen LogP contribution >= 0.6 is 0 Å². The molecule has 204 valence electrons. The third kappa shape index (κ3) is 7.07. The van der Waals surface area contributed by atoms with Crippen LogP contribution in [0.5, 0.6) is 0 Å². The Balaban J connectivity index is 1.66. The highest BCUT2D eigenvalue weighted by atomic mass is 19.1. The highest BCUT2D eigenvalue weighted by molar-refractivity contribution is 5.98. The van der Waals surface area contributed by atoms with Crippen molar-refractivity contribution < 1.29 is 28.1 Å². The summed E-state index contributed by atoms with van der Waals surface area (Å²) < 4.78 is 19.5. The first-order valence-electron chi connectivity index (χ1n) is 12.6. The van der Waals surface area contributed by atoms with E-state index in [0.717, 1.165) is 0 Å². The van der Waals surface area contributed by atoms with Crippen LogP contribution in [0.1, 0.15) is 57.1 Å². The van der Waals surface area contributed by atoms with Crippen LogP contribution in [0.3, 0.4) is 0 Å². The standard InChI is InChI=1S/C28H30FN5O5/c1-17-13-23(33-39-17)28(38)34-15-24(20-8-4-3-5-9-20)32-26(36)18(2)31-27(37)21-14-19(10-11-22(21)29)7-6-12-30-25(35)16-34/h3-5,8-11,13-14,18,24H,6-7,12,15-16H2,1-2H3,(H,30,35)(H,31,37)(H,32,36)/t18-,24-/m1/s1. The monoisotopic (exact) mass is 535 g/mol. The Morgan fingerprint density at radius 1 is 1.08 bits per heavy atom. The molecule has 0 radical (unpaired) electrons. The van der Waals surface area contributed by atoms with E-state index in [4.69, 9.17) is 4.52 Å². The molecule has 0 aliphatic carbocycles. The first-order chi connectivity index (χ1) is 18.7. The number of aryl methyl sites for hydroxylation is 2. The molecule has 2 atom stereocenters. The summed E-state index contributed by atoms with van der Waals surface area (Å²) in [7, 11) is 0. The lowest BCUT2D eigenvalue weighted by Gasteiger charge is -2.28. The van der Waals surface area contributed by atoms with Gasteiger partial charge in [0, 0.05) is 19.2 Å². The van der Waals surface area contributed by atoms with E-state index in [1.54, 1.807) is 37.3 Å². The number of carbonyl (C=O) groups excluding carboxylic acids is 4. The predicted molar refractivity (Wildman–Crippen MR) is 139 cm³/mol. The average Bonchev–Trinajstić information content (AvgIpc) is 3.36. The molecule has 2 aromatic carbocycles. The number of nitrogens with zero attached hydrogens (tertiary/aromatic N) is 2. The Morgan fingerprint density at radius 2 is 1.85 bits per heavy atom. The topological polar surface area (TPSA) is 134 Å². The van der Waals surface area contributed by atoms with Gasteiger partial charge >= 0.3 is 0 Å². The smallest absolute Gasteiger partial charge is 0.276 e. The van der Waals surface area contributed by atoms with Gasteiger partial charge in [0.05, 0.1) is 18.2 Å². The van der Waals surface area contributed by atoms with Gasteiger partial charge in [0.2, 0.25) is 11.8 Å². The summed E-state index contributed by atoms with van der Waals surface area (Å²) in [6.45, 7) is 3.09. The number of hydrogen-bond donors (Lipinski definition) is 3. The summed E-state index contributed by atoms with van der Waals surface area (Å²) in [6.07, 6.45) is 1.01. The molecule has 0 unspecified atom stereocenters. The van der Waals surface area contributed by atoms with Gasteiger partial charge < -0.3 is 25.4 Å². The minimum Gasteiger partial charge on any atom is -0.361 e. The molecule has 1 aromatic heterocycles. The minimum atomic E-state index is -1.02. The van der Waals surface area contributed by atoms with Gasteiger partial charge in [0.1, 0.15) is 17.6 Å². The van der Waals surface area contributed by atoms with Crippen LogP contribution in [0.15, 0.2) is 59.1 Å². The van der Waals surface area contributed by atoms with Crippen molar-refractivity contribution in [1.29, 1.82) is 0 Å². The van der Waals surface area contributed by atoms with Crippen molar-refractivity contribution >= 4 is 23.6 Å². The van der Waals surface area contributed by atoms with Crippen LogP contribution in [0, 0.1) is 12.7 Å². The zero-order chi connectivity index (χ0) is 27.9. The molecule has 0 saturated heterocycles. The molecule has 0 spiro atoms. The highest BCUT2D eigenvalue weighted by Gasteiger charge is 2.28. The van der Waals surface area contributed by atoms with Crippen molar-refractivity contribution in [3.05, 3.63) is 88.6 Å². The maximum absolute atomic E-state index is 14.5. The van der Waals surface area contributed by atoms with Crippen LogP contribution in [0.2, 0.25) is 0 Å². The van der Waals surface area contributed by atoms with Crippen molar-refractivity contribution in [3.63, 3.8) is 0 Å². The molecule has 3 N–H and O–H groups in total. The van der Waals surface area contributed by atoms with Gasteiger partial charge in [-0.15, -0.1) is 0 Å². The number of carbonyl (C=O) groups is 4. The van der Waals surface area contributed by atoms with E-state index >= 15 is 0 Å². The Labute approximate surface area is 224 Å². The Bertz CT molecular complexity index is 1360. The van der Waals surface area contributed by atoms with Gasteiger partial charge in [0.25, 0.3) is 11.8 Å². The van der Waals surface area contributed by atoms with Crippen molar-refractivity contribution in [2.24, 2.45) is 0 Å². The Hall–Kier alpha value is -4.54. The molecule has 39 heavy (non-hydrogen) atoms. The van der Waals surface area contributed by atoms with E-state index in [1.807, 2.05) is 6.07 Å². The average molecular weight is 536 g/mol. The van der Waals surface area contributed by atoms with Gasteiger partial charge in [-0.25, -0.2) is 4.39 Å². The van der Waals surface area contributed by atoms with Crippen molar-refractivity contribution in [1.82, 2.24) is 26.0 Å². The fraction of sp³-hybridized carbons (Fsp3) is 0.321. The molecule has 4 amide bonds. The lowest BCUT2D eigenvalue weighted by molar-refractivity contribution is -0.123. The molecule has 3 aromatic rings. The third-order valence-electron chi connectivity index (χ3n) is 6.37. The van der Waals surface area contributed by atoms with E-state index in [2.05, 4.69) is 21.1 Å². The summed E-state index contributed by atoms with van der Waals surface area (Å²) in [5.74, 6) is -2.46. The molecule has 11 heteroatoms. The van der Waals surface area contributed by atoms with Gasteiger partial charge in [-0.2, -0.15) is 0 Å². The van der Waals surface area contributed by atoms with Crippen LogP contribution in [-0.4, -0.2) is 59.4 Å². The maximum atomic E-state index is 14.5. The van der Waals surface area contributed by atoms with Crippen LogP contribution < -0.4 is 16.0 Å². The molecule has 2 heterocycles. The van der Waals surface area contributed by atoms with Crippen LogP contribution in [-0.2, 0) is 16.0 Å². The molecule has 1 aliphatic heterocycles. The molecule has 4 rings (SSSR count). The van der Waals surface area contributed by atoms with E-state index in [1.165, 1.54) is 30.0 Å². The van der Waals surface area contributed by atoms with Gasteiger partial charge in [-0.1, -0.05) is 41.6 Å². The molecular formula is C28H30FN5O5. The summed E-state index contributed by atoms with van der Waals surface area (Å²) in [4.78, 5) is 53.6. The van der Waals surface area contributed by atoms with Gasteiger partial charge in [-0.3, -0.25) is 19.2 Å². The van der Waals surface area contributed by atoms with Crippen molar-refractivity contribution in [2.75, 3.05) is 19.6 Å². The normalized spacial score (nSPS) is 19.5. The third-order valence-corrected chi connectivity index (χ3v) is 6.37. The molecule has 1 aliphatic rings. The second kappa shape index (κ2) is 12.3. The number of amides is 4. The predicted octanol–water partition coefficient (Wildman–Crippen LogP) is 2.30. The molecule has 2 bridgehead atoms. The maximum Gasteiger partial charge on any atom is 0.276 e. The number of rotatable bonds is 2. The van der Waals surface area contributed by atoms with E-state index < -0.39 is 41.5 Å². The summed E-state index contributed by atoms with van der Waals surface area (Å²) in [5.41, 5.74) is 1.25. The van der Waals surface area contributed by atoms with E-state index in [9.17, 15) is 23.6 Å². The highest BCUT2D eigenvalue weighted by Crippen LogP contribution is 2.18. The number of nitrogens with one attached hydrogen (secondary N) is 3. The lowest BCUT2D eigenvalue weighted by atomic mass is 10.0. The summed E-state index contributed by atoms with van der Waals surface area (Å²) >= 11 is 0. The first-order valence-corrected chi connectivity index (χ1v) is 12.6. The molecule has 0 saturated carbocycles. The minimum absolute atomic E-state index is 0.0336. The zero-order valence-corrected chi connectivity index (χ0v) is 21.7. The van der Waals surface area contributed by atoms with Gasteiger partial charge in [0.15, 0.2) is 5.69 Å². The SMILES string of the molecule is Cc1cc(C(=O)N2CC(=O)NCCCc3ccc(F)c(c3)C(=O)N[C@H](C)C(=O)N[C@@H](c3ccccc3)C2)no1. The van der Waals surface area contributed by atoms with Gasteiger partial charge in [-0.05, 0) is 49.9 Å². The molecular weight excluding hydrogens is 505 g/mol. The second-order valence-corrected chi connectivity index (χ2v) is 9.44. The van der Waals surface area contributed by atoms with E-state index in [0.29, 0.717) is 36.3 Å². The van der Waals surface area contributed by atoms with Crippen LogP contribution in [0.25, 0.3) is 0 Å². The lowest BCUT2D eigenvalue weighted by Crippen LogP contribution is -2.49. The fourth-order valence-corrected chi connectivity index (χ4v) is 4.28. The fourth-order valence-electron chi connectivity index (χ4n) is 4.28. The van der Waals surface area contributed by atoms with Crippen molar-refractivity contribution in [3.8, 4) is 0 Å². The van der Waals surface area contributed by atoms with Crippen LogP contribution in [0.4, 0.5) is 4.39 Å².